The van der Waals surface area contributed by atoms with E-state index >= 15 is 0 Å². The second-order valence-electron chi connectivity index (χ2n) is 19.4. The number of benzene rings is 1. The van der Waals surface area contributed by atoms with Crippen molar-refractivity contribution in [3.05, 3.63) is 145 Å². The van der Waals surface area contributed by atoms with E-state index in [4.69, 9.17) is 28.0 Å². The predicted octanol–water partition coefficient (Wildman–Crippen LogP) is 8.20. The number of ether oxygens (including phenoxy) is 1. The summed E-state index contributed by atoms with van der Waals surface area (Å²) in [5, 5.41) is 2.45. The summed E-state index contributed by atoms with van der Waals surface area (Å²) in [7, 11) is 8.05. The molecule has 398 valence electrons. The molecule has 8 bridgehead atoms. The number of pyridine rings is 3. The van der Waals surface area contributed by atoms with Crippen LogP contribution in [-0.4, -0.2) is 103 Å². The molecule has 7 aromatic rings. The molecule has 0 radical (unpaired) electrons. The van der Waals surface area contributed by atoms with Crippen LogP contribution in [0.5, 0.6) is 5.75 Å². The highest BCUT2D eigenvalue weighted by atomic mass is 32.2. The zero-order chi connectivity index (χ0) is 54.3. The van der Waals surface area contributed by atoms with E-state index in [1.807, 2.05) is 83.9 Å². The zero-order valence-corrected chi connectivity index (χ0v) is 46.6. The Hall–Kier alpha value is -7.87. The van der Waals surface area contributed by atoms with E-state index in [2.05, 4.69) is 113 Å². The van der Waals surface area contributed by atoms with E-state index in [0.29, 0.717) is 37.1 Å². The van der Waals surface area contributed by atoms with Gasteiger partial charge in [-0.05, 0) is 102 Å². The highest BCUT2D eigenvalue weighted by Crippen LogP contribution is 2.39. The molecule has 1 aromatic carbocycles. The fourth-order valence-electron chi connectivity index (χ4n) is 10.0. The molecule has 1 unspecified atom stereocenters. The van der Waals surface area contributed by atoms with E-state index in [-0.39, 0.29) is 37.1 Å². The van der Waals surface area contributed by atoms with Gasteiger partial charge in [0.05, 0.1) is 34.6 Å². The lowest BCUT2D eigenvalue weighted by Gasteiger charge is -2.24. The number of aromatic nitrogens is 7. The van der Waals surface area contributed by atoms with Crippen LogP contribution in [0.25, 0.3) is 90.9 Å². The number of likely N-dealkylation sites (tertiary alicyclic amines) is 1. The van der Waals surface area contributed by atoms with Gasteiger partial charge >= 0.3 is 8.80 Å². The summed E-state index contributed by atoms with van der Waals surface area (Å²) in [6.45, 7) is 0.788. The number of aryl methyl sites for hydroxylation is 3. The van der Waals surface area contributed by atoms with Crippen LogP contribution in [-0.2, 0) is 48.8 Å². The summed E-state index contributed by atoms with van der Waals surface area (Å²) in [5.74, 6) is 0.596. The Morgan fingerprint density at radius 2 is 1.05 bits per heavy atom. The summed E-state index contributed by atoms with van der Waals surface area (Å²) in [4.78, 5) is 58.4. The summed E-state index contributed by atoms with van der Waals surface area (Å²) in [6, 6.07) is 29.8. The number of carbonyl (C=O) groups excluding carboxylic acids is 3. The van der Waals surface area contributed by atoms with Crippen LogP contribution in [0, 0.1) is 0 Å². The van der Waals surface area contributed by atoms with Crippen LogP contribution in [0.2, 0.25) is 6.04 Å². The number of H-pyrrole nitrogens is 2. The monoisotopic (exact) mass is 1080 g/mol. The molecule has 9 heterocycles. The molecule has 16 nitrogen and oxygen atoms in total. The highest BCUT2D eigenvalue weighted by Gasteiger charge is 2.40. The van der Waals surface area contributed by atoms with E-state index < -0.39 is 14.1 Å². The molecule has 3 N–H and O–H groups in total. The molecule has 0 aliphatic carbocycles. The van der Waals surface area contributed by atoms with Crippen molar-refractivity contribution in [1.82, 2.24) is 30.2 Å². The molecule has 1 atom stereocenters. The number of nitrogens with one attached hydrogen (secondary N) is 3. The maximum Gasteiger partial charge on any atom is 0.500 e. The molecule has 10 rings (SSSR count). The van der Waals surface area contributed by atoms with Gasteiger partial charge in [-0.1, -0.05) is 12.1 Å². The van der Waals surface area contributed by atoms with Gasteiger partial charge in [-0.15, -0.1) is 11.8 Å². The van der Waals surface area contributed by atoms with E-state index in [0.717, 1.165) is 95.8 Å². The third kappa shape index (κ3) is 11.7. The third-order valence-electron chi connectivity index (χ3n) is 14.3. The number of hydrogen-bond donors (Lipinski definition) is 3. The van der Waals surface area contributed by atoms with Crippen LogP contribution in [0.4, 0.5) is 0 Å². The SMILES string of the molecule is CO[Si](CCCSC1CC(=O)N(CCC(=O)NCCCOc2ccc(-c3c4nc(c(-c5cc[n+](C)cc5)c5ccc([nH]5)c(-c5cc[n+](C)cc5)c5nc(c(-c6cc[n+](C)cc6)c6ccc3[nH]6)C=C5)C=C4)cc2)C1=O)(OC)OC. The maximum atomic E-state index is 13.1. The Bertz CT molecular complexity index is 3540. The van der Waals surface area contributed by atoms with Gasteiger partial charge in [0.2, 0.25) is 17.7 Å². The minimum Gasteiger partial charge on any atom is -0.494 e. The largest absolute Gasteiger partial charge is 0.500 e. The predicted molar refractivity (Wildman–Crippen MR) is 306 cm³/mol. The first-order valence-electron chi connectivity index (χ1n) is 26.1. The van der Waals surface area contributed by atoms with E-state index in [1.54, 1.807) is 21.3 Å². The fourth-order valence-corrected chi connectivity index (χ4v) is 13.1. The topological polar surface area (TPSA) is 172 Å². The van der Waals surface area contributed by atoms with Gasteiger partial charge in [-0.2, -0.15) is 0 Å². The fraction of sp³-hybridized carbons (Fsp3) is 0.267. The van der Waals surface area contributed by atoms with E-state index in [9.17, 15) is 14.4 Å². The van der Waals surface area contributed by atoms with Crippen molar-refractivity contribution in [2.24, 2.45) is 21.1 Å². The number of fused-ring (bicyclic) bond motifs is 8. The van der Waals surface area contributed by atoms with Gasteiger partial charge in [0.15, 0.2) is 37.2 Å². The maximum absolute atomic E-state index is 13.1. The molecule has 3 aliphatic rings. The standard InChI is InChI=1S/C60H62N9O7SSi/c1-66-29-21-41(22-30-66)57-47-15-13-45(62-47)56(40-9-11-44(12-10-40)76-36-7-28-61-54(70)27-35-69-55(71)39-53(60(69)72)77-37-8-38-78(73-4,74-5)75-6)46-14-16-48(63-46)58(42-23-31-67(2)32-24-42)50-18-20-52(65-50)59(51-19-17-49(57)64-51)43-25-33-68(3)34-26-43/h9-26,29-34,53H,7-8,27-28,35-39H2,1-6H3,(H-,61,62,63,64,65,70)/q+1/p+2. The first-order valence-corrected chi connectivity index (χ1v) is 29.1. The van der Waals surface area contributed by atoms with Crippen molar-refractivity contribution in [1.29, 1.82) is 0 Å². The molecule has 3 aliphatic heterocycles. The summed E-state index contributed by atoms with van der Waals surface area (Å²) >= 11 is 1.44. The van der Waals surface area contributed by atoms with Crippen molar-refractivity contribution in [2.45, 2.75) is 37.0 Å². The smallest absolute Gasteiger partial charge is 0.494 e. The summed E-state index contributed by atoms with van der Waals surface area (Å²) in [6.07, 6.45) is 22.1. The number of carbonyl (C=O) groups is 3. The van der Waals surface area contributed by atoms with Gasteiger partial charge in [0, 0.05) is 134 Å². The zero-order valence-electron chi connectivity index (χ0n) is 44.7. The number of aromatic amines is 2. The van der Waals surface area contributed by atoms with Crippen molar-refractivity contribution in [3.63, 3.8) is 0 Å². The van der Waals surface area contributed by atoms with Crippen LogP contribution in [0.1, 0.15) is 48.5 Å². The summed E-state index contributed by atoms with van der Waals surface area (Å²) < 4.78 is 28.7. The van der Waals surface area contributed by atoms with Crippen molar-refractivity contribution in [2.75, 3.05) is 46.8 Å². The Morgan fingerprint density at radius 1 is 0.628 bits per heavy atom. The lowest BCUT2D eigenvalue weighted by Crippen LogP contribution is -2.42. The number of thioether (sulfide) groups is 1. The minimum atomic E-state index is -2.70. The lowest BCUT2D eigenvalue weighted by atomic mass is 10.0. The van der Waals surface area contributed by atoms with Gasteiger partial charge in [-0.25, -0.2) is 23.7 Å². The number of nitrogens with zero attached hydrogens (tertiary/aromatic N) is 6. The molecule has 18 heteroatoms. The quantitative estimate of drug-likeness (QED) is 0.0293. The van der Waals surface area contributed by atoms with Crippen molar-refractivity contribution < 1.29 is 46.1 Å². The Kier molecular flexibility index (Phi) is 16.3. The van der Waals surface area contributed by atoms with Crippen LogP contribution in [0.3, 0.4) is 0 Å². The van der Waals surface area contributed by atoms with Gasteiger partial charge < -0.3 is 33.3 Å². The number of hydrogen-bond acceptors (Lipinski definition) is 10. The normalized spacial score (nSPS) is 14.2. The van der Waals surface area contributed by atoms with Gasteiger partial charge in [0.25, 0.3) is 0 Å². The first kappa shape index (κ1) is 53.5. The van der Waals surface area contributed by atoms with Crippen LogP contribution in [0.15, 0.2) is 122 Å². The van der Waals surface area contributed by atoms with Crippen LogP contribution < -0.4 is 23.8 Å². The second-order valence-corrected chi connectivity index (χ2v) is 23.8. The van der Waals surface area contributed by atoms with Crippen molar-refractivity contribution in [3.8, 4) is 50.3 Å². The van der Waals surface area contributed by atoms with Crippen LogP contribution >= 0.6 is 11.8 Å². The number of imide groups is 1. The molecule has 1 saturated heterocycles. The molecule has 78 heavy (non-hydrogen) atoms. The van der Waals surface area contributed by atoms with Gasteiger partial charge in [-0.3, -0.25) is 19.3 Å². The van der Waals surface area contributed by atoms with Gasteiger partial charge in [0.1, 0.15) is 26.9 Å². The molecule has 1 fully saturated rings. The molecule has 0 saturated carbocycles. The second kappa shape index (κ2) is 23.8. The number of rotatable bonds is 20. The summed E-state index contributed by atoms with van der Waals surface area (Å²) in [5.41, 5.74) is 14.7. The first-order chi connectivity index (χ1) is 37.9. The van der Waals surface area contributed by atoms with E-state index in [1.165, 1.54) is 16.7 Å². The Labute approximate surface area is 458 Å². The highest BCUT2D eigenvalue weighted by molar-refractivity contribution is 8.00. The average Bonchev–Trinajstić information content (AvgIpc) is 4.46. The Balaban J connectivity index is 0.903. The average molecular weight is 1080 g/mol. The minimum absolute atomic E-state index is 0.0301. The molecule has 6 aromatic heterocycles. The van der Waals surface area contributed by atoms with Crippen molar-refractivity contribution >= 4 is 84.7 Å². The molecular weight excluding hydrogens is 1020 g/mol. The molecular formula is C60H64N9O7SSi+3. The lowest BCUT2D eigenvalue weighted by molar-refractivity contribution is -0.671. The molecule has 3 amide bonds. The number of amides is 3. The Morgan fingerprint density at radius 3 is 1.47 bits per heavy atom. The molecule has 0 spiro atoms. The third-order valence-corrected chi connectivity index (χ3v) is 18.4.